The Morgan fingerprint density at radius 3 is 2.22 bits per heavy atom. The lowest BCUT2D eigenvalue weighted by atomic mass is 9.99. The van der Waals surface area contributed by atoms with Gasteiger partial charge in [0.15, 0.2) is 5.56 Å². The number of hydrogen-bond acceptors (Lipinski definition) is 5. The molecule has 1 saturated heterocycles. The van der Waals surface area contributed by atoms with E-state index in [1.165, 1.54) is 16.8 Å². The average Bonchev–Trinajstić information content (AvgIpc) is 3.26. The van der Waals surface area contributed by atoms with Crippen molar-refractivity contribution < 1.29 is 15.0 Å². The van der Waals surface area contributed by atoms with Gasteiger partial charge in [0.2, 0.25) is 0 Å². The molecule has 3 aromatic carbocycles. The molecule has 0 unspecified atom stereocenters. The van der Waals surface area contributed by atoms with Gasteiger partial charge in [-0.15, -0.1) is 0 Å². The number of benzene rings is 3. The van der Waals surface area contributed by atoms with Gasteiger partial charge < -0.3 is 19.8 Å². The maximum atomic E-state index is 12.6. The number of aromatic amines is 1. The van der Waals surface area contributed by atoms with Crippen molar-refractivity contribution in [1.82, 2.24) is 19.4 Å². The van der Waals surface area contributed by atoms with Gasteiger partial charge in [-0.2, -0.15) is 0 Å². The SMILES string of the molecule is CCc1c(-c2ccc3c(c2)cc(CN2C[C@H]4[C@H](N(Cc5ccccc5)Cc5ccccc5)[C@@]4(C)C2)n3C)[nH]c(=O)c(C(=O)O)c1O. The quantitative estimate of drug-likeness (QED) is 0.177. The Balaban J connectivity index is 1.10. The van der Waals surface area contributed by atoms with Gasteiger partial charge in [-0.3, -0.25) is 14.6 Å². The van der Waals surface area contributed by atoms with E-state index in [1.807, 2.05) is 25.1 Å². The zero-order valence-corrected chi connectivity index (χ0v) is 26.5. The maximum absolute atomic E-state index is 12.6. The number of piperidine rings is 1. The molecule has 1 saturated carbocycles. The minimum atomic E-state index is -1.44. The van der Waals surface area contributed by atoms with Gasteiger partial charge in [-0.1, -0.05) is 80.6 Å². The highest BCUT2D eigenvalue weighted by molar-refractivity contribution is 5.92. The van der Waals surface area contributed by atoms with Crippen LogP contribution in [0.4, 0.5) is 0 Å². The fraction of sp³-hybridized carbons (Fsp3) is 0.316. The van der Waals surface area contributed by atoms with Crippen LogP contribution in [-0.4, -0.2) is 54.7 Å². The van der Waals surface area contributed by atoms with E-state index in [9.17, 15) is 19.8 Å². The van der Waals surface area contributed by atoms with Crippen LogP contribution in [0.1, 0.15) is 46.6 Å². The summed E-state index contributed by atoms with van der Waals surface area (Å²) in [6, 6.07) is 30.3. The summed E-state index contributed by atoms with van der Waals surface area (Å²) in [5.74, 6) is -1.29. The number of carboxylic acids is 1. The first kappa shape index (κ1) is 30.0. The number of rotatable bonds is 10. The molecule has 5 aromatic rings. The van der Waals surface area contributed by atoms with Gasteiger partial charge in [-0.25, -0.2) is 4.79 Å². The van der Waals surface area contributed by atoms with E-state index >= 15 is 0 Å². The van der Waals surface area contributed by atoms with Gasteiger partial charge in [-0.05, 0) is 47.2 Å². The monoisotopic (exact) mass is 616 g/mol. The number of aromatic carboxylic acids is 1. The van der Waals surface area contributed by atoms with Crippen LogP contribution in [-0.2, 0) is 33.1 Å². The highest BCUT2D eigenvalue weighted by Crippen LogP contribution is 2.60. The second-order valence-corrected chi connectivity index (χ2v) is 13.3. The molecule has 7 rings (SSSR count). The molecular weight excluding hydrogens is 576 g/mol. The van der Waals surface area contributed by atoms with E-state index in [4.69, 9.17) is 0 Å². The van der Waals surface area contributed by atoms with Crippen molar-refractivity contribution >= 4 is 16.9 Å². The predicted molar refractivity (Wildman–Crippen MR) is 180 cm³/mol. The Labute approximate surface area is 268 Å². The molecule has 3 heterocycles. The standard InChI is InChI=1S/C38H40N4O4/c1-4-29-33(39-36(44)32(34(29)43)37(45)46)26-15-16-31-27(17-26)18-28(40(31)3)21-41-22-30-35(38(30,2)23-41)42(19-24-11-7-5-8-12-24)20-25-13-9-6-10-14-25/h5-18,30,35H,4,19-23H2,1-3H3,(H,45,46)(H2,39,43,44)/t30-,35-,38-/m0/s1. The summed E-state index contributed by atoms with van der Waals surface area (Å²) < 4.78 is 2.23. The molecule has 8 nitrogen and oxygen atoms in total. The third kappa shape index (κ3) is 5.21. The largest absolute Gasteiger partial charge is 0.506 e. The lowest BCUT2D eigenvalue weighted by molar-refractivity contribution is 0.0691. The Bertz CT molecular complexity index is 1940. The first-order valence-corrected chi connectivity index (χ1v) is 16.0. The molecule has 0 spiro atoms. The molecule has 1 aliphatic heterocycles. The molecule has 1 aliphatic carbocycles. The Hall–Kier alpha value is -4.66. The van der Waals surface area contributed by atoms with Crippen LogP contribution in [0, 0.1) is 11.3 Å². The summed E-state index contributed by atoms with van der Waals surface area (Å²) in [6.07, 6.45) is 0.375. The number of likely N-dealkylation sites (tertiary alicyclic amines) is 1. The van der Waals surface area contributed by atoms with E-state index in [0.29, 0.717) is 29.6 Å². The number of aromatic nitrogens is 2. The van der Waals surface area contributed by atoms with Gasteiger partial charge in [0.1, 0.15) is 5.75 Å². The summed E-state index contributed by atoms with van der Waals surface area (Å²) in [6.45, 7) is 9.13. The van der Waals surface area contributed by atoms with Crippen molar-refractivity contribution in [1.29, 1.82) is 0 Å². The minimum Gasteiger partial charge on any atom is -0.506 e. The van der Waals surface area contributed by atoms with Crippen LogP contribution in [0.3, 0.4) is 0 Å². The van der Waals surface area contributed by atoms with E-state index in [2.05, 4.69) is 100 Å². The number of nitrogens with zero attached hydrogens (tertiary/aromatic N) is 3. The van der Waals surface area contributed by atoms with Crippen LogP contribution >= 0.6 is 0 Å². The molecule has 0 bridgehead atoms. The molecule has 2 aliphatic rings. The normalized spacial score (nSPS) is 20.8. The predicted octanol–water partition coefficient (Wildman–Crippen LogP) is 6.02. The number of pyridine rings is 1. The number of hydrogen-bond donors (Lipinski definition) is 3. The third-order valence-corrected chi connectivity index (χ3v) is 10.3. The fourth-order valence-corrected chi connectivity index (χ4v) is 8.02. The Kier molecular flexibility index (Phi) is 7.57. The number of fused-ring (bicyclic) bond motifs is 2. The molecule has 0 radical (unpaired) electrons. The first-order chi connectivity index (χ1) is 22.2. The average molecular weight is 617 g/mol. The summed E-state index contributed by atoms with van der Waals surface area (Å²) in [5.41, 5.74) is 5.42. The fourth-order valence-electron chi connectivity index (χ4n) is 8.02. The third-order valence-electron chi connectivity index (χ3n) is 10.3. The second-order valence-electron chi connectivity index (χ2n) is 13.3. The van der Waals surface area contributed by atoms with Crippen molar-refractivity contribution in [3.8, 4) is 17.0 Å². The molecule has 46 heavy (non-hydrogen) atoms. The molecule has 236 valence electrons. The van der Waals surface area contributed by atoms with Crippen LogP contribution < -0.4 is 5.56 Å². The van der Waals surface area contributed by atoms with Gasteiger partial charge in [0.05, 0.1) is 5.69 Å². The van der Waals surface area contributed by atoms with E-state index in [1.54, 1.807) is 0 Å². The molecule has 3 N–H and O–H groups in total. The second kappa shape index (κ2) is 11.6. The molecule has 2 fully saturated rings. The molecular formula is C38H40N4O4. The van der Waals surface area contributed by atoms with Gasteiger partial charge >= 0.3 is 5.97 Å². The maximum Gasteiger partial charge on any atom is 0.345 e. The molecule has 3 atom stereocenters. The first-order valence-electron chi connectivity index (χ1n) is 16.0. The zero-order valence-electron chi connectivity index (χ0n) is 26.5. The van der Waals surface area contributed by atoms with Crippen molar-refractivity contribution in [3.05, 3.63) is 123 Å². The van der Waals surface area contributed by atoms with Gasteiger partial charge in [0.25, 0.3) is 5.56 Å². The zero-order chi connectivity index (χ0) is 32.2. The molecule has 8 heteroatoms. The number of aromatic hydroxyl groups is 1. The van der Waals surface area contributed by atoms with Crippen LogP contribution in [0.5, 0.6) is 5.75 Å². The minimum absolute atomic E-state index is 0.244. The number of H-pyrrole nitrogens is 1. The van der Waals surface area contributed by atoms with E-state index in [0.717, 1.165) is 49.2 Å². The highest BCUT2D eigenvalue weighted by atomic mass is 16.4. The van der Waals surface area contributed by atoms with Crippen molar-refractivity contribution in [2.45, 2.75) is 45.9 Å². The van der Waals surface area contributed by atoms with E-state index < -0.39 is 22.8 Å². The Morgan fingerprint density at radius 1 is 1.00 bits per heavy atom. The summed E-state index contributed by atoms with van der Waals surface area (Å²) in [5, 5.41) is 21.1. The van der Waals surface area contributed by atoms with Crippen molar-refractivity contribution in [2.75, 3.05) is 13.1 Å². The molecule has 2 aromatic heterocycles. The Morgan fingerprint density at radius 2 is 1.65 bits per heavy atom. The number of carboxylic acid groups (broad SMARTS) is 1. The van der Waals surface area contributed by atoms with Crippen molar-refractivity contribution in [3.63, 3.8) is 0 Å². The van der Waals surface area contributed by atoms with Crippen LogP contribution in [0.15, 0.2) is 89.7 Å². The van der Waals surface area contributed by atoms with E-state index in [-0.39, 0.29) is 5.41 Å². The summed E-state index contributed by atoms with van der Waals surface area (Å²) in [4.78, 5) is 32.1. The van der Waals surface area contributed by atoms with Crippen molar-refractivity contribution in [2.24, 2.45) is 18.4 Å². The lowest BCUT2D eigenvalue weighted by Gasteiger charge is -2.30. The van der Waals surface area contributed by atoms with Crippen LogP contribution in [0.2, 0.25) is 0 Å². The highest BCUT2D eigenvalue weighted by Gasteiger charge is 2.67. The summed E-state index contributed by atoms with van der Waals surface area (Å²) >= 11 is 0. The summed E-state index contributed by atoms with van der Waals surface area (Å²) in [7, 11) is 2.09. The smallest absolute Gasteiger partial charge is 0.345 e. The topological polar surface area (TPSA) is 102 Å². The number of carbonyl (C=O) groups is 1. The number of aryl methyl sites for hydroxylation is 1. The van der Waals surface area contributed by atoms with Crippen LogP contribution in [0.25, 0.3) is 22.2 Å². The lowest BCUT2D eigenvalue weighted by Crippen LogP contribution is -2.36. The number of nitrogens with one attached hydrogen (secondary N) is 1. The molecule has 0 amide bonds. The van der Waals surface area contributed by atoms with Gasteiger partial charge in [0, 0.05) is 73.4 Å².